The molecule has 1 unspecified atom stereocenters. The second-order valence-corrected chi connectivity index (χ2v) is 8.87. The van der Waals surface area contributed by atoms with E-state index in [1.54, 1.807) is 0 Å². The molecule has 0 fully saturated rings. The molecule has 0 radical (unpaired) electrons. The Morgan fingerprint density at radius 1 is 1.00 bits per heavy atom. The summed E-state index contributed by atoms with van der Waals surface area (Å²) < 4.78 is 2.27. The molecule has 4 heteroatoms. The van der Waals surface area contributed by atoms with Gasteiger partial charge in [0.1, 0.15) is 11.3 Å². The number of aryl methyl sites for hydroxylation is 5. The van der Waals surface area contributed by atoms with Crippen molar-refractivity contribution in [2.45, 2.75) is 58.9 Å². The van der Waals surface area contributed by atoms with Crippen molar-refractivity contribution >= 4 is 11.2 Å². The number of fused-ring (bicyclic) bond motifs is 3. The number of nitriles is 1. The Hall–Kier alpha value is -3.45. The molecule has 0 bridgehead atoms. The number of pyridine rings is 1. The summed E-state index contributed by atoms with van der Waals surface area (Å²) in [5, 5.41) is 9.52. The van der Waals surface area contributed by atoms with Gasteiger partial charge in [0.05, 0.1) is 12.6 Å². The first kappa shape index (κ1) is 20.5. The molecule has 0 aliphatic heterocycles. The van der Waals surface area contributed by atoms with E-state index in [2.05, 4.69) is 73.0 Å². The van der Waals surface area contributed by atoms with Crippen LogP contribution in [0.4, 0.5) is 0 Å². The van der Waals surface area contributed by atoms with Gasteiger partial charge >= 0.3 is 0 Å². The summed E-state index contributed by atoms with van der Waals surface area (Å²) in [6.07, 6.45) is 3.41. The van der Waals surface area contributed by atoms with Crippen LogP contribution in [0.2, 0.25) is 0 Å². The minimum absolute atomic E-state index is 0.148. The Morgan fingerprint density at radius 2 is 1.78 bits per heavy atom. The summed E-state index contributed by atoms with van der Waals surface area (Å²) in [7, 11) is 0. The third-order valence-electron chi connectivity index (χ3n) is 6.73. The maximum absolute atomic E-state index is 9.52. The quantitative estimate of drug-likeness (QED) is 0.419. The average molecular weight is 421 g/mol. The van der Waals surface area contributed by atoms with Crippen LogP contribution in [0.3, 0.4) is 0 Å². The highest BCUT2D eigenvalue weighted by Gasteiger charge is 2.24. The van der Waals surface area contributed by atoms with Crippen LogP contribution < -0.4 is 0 Å². The molecule has 5 rings (SSSR count). The van der Waals surface area contributed by atoms with Crippen LogP contribution in [0.1, 0.15) is 64.2 Å². The summed E-state index contributed by atoms with van der Waals surface area (Å²) in [4.78, 5) is 9.73. The second-order valence-electron chi connectivity index (χ2n) is 8.87. The van der Waals surface area contributed by atoms with Gasteiger partial charge in [-0.2, -0.15) is 5.26 Å². The second kappa shape index (κ2) is 8.24. The molecule has 0 saturated heterocycles. The number of rotatable bonds is 4. The molecule has 1 aliphatic carbocycles. The zero-order valence-electron chi connectivity index (χ0n) is 19.0. The molecule has 0 amide bonds. The normalized spacial score (nSPS) is 15.1. The first-order valence-electron chi connectivity index (χ1n) is 11.5. The zero-order valence-corrected chi connectivity index (χ0v) is 19.0. The number of hydrogen-bond donors (Lipinski definition) is 0. The fourth-order valence-corrected chi connectivity index (χ4v) is 5.23. The average Bonchev–Trinajstić information content (AvgIpc) is 3.06. The van der Waals surface area contributed by atoms with Crippen molar-refractivity contribution in [3.05, 3.63) is 93.4 Å². The van der Waals surface area contributed by atoms with Gasteiger partial charge in [-0.1, -0.05) is 49.4 Å². The molecule has 0 N–H and O–H groups in total. The molecule has 2 aromatic heterocycles. The Morgan fingerprint density at radius 3 is 2.59 bits per heavy atom. The van der Waals surface area contributed by atoms with Crippen molar-refractivity contribution in [3.63, 3.8) is 0 Å². The van der Waals surface area contributed by atoms with Crippen LogP contribution in [-0.2, 0) is 25.8 Å². The van der Waals surface area contributed by atoms with Crippen LogP contribution in [0, 0.1) is 25.2 Å². The van der Waals surface area contributed by atoms with Crippen molar-refractivity contribution < 1.29 is 0 Å². The third-order valence-corrected chi connectivity index (χ3v) is 6.73. The smallest absolute Gasteiger partial charge is 0.160 e. The van der Waals surface area contributed by atoms with Gasteiger partial charge < -0.3 is 4.57 Å². The molecule has 0 saturated carbocycles. The SMILES string of the molecule is CCc1nc2c(C)cc(C)nc2n1Cc1ccc2c(c1)CCc1ccccc1C2CC#N. The number of imidazole rings is 1. The van der Waals surface area contributed by atoms with E-state index in [9.17, 15) is 5.26 Å². The van der Waals surface area contributed by atoms with Gasteiger partial charge in [0.2, 0.25) is 0 Å². The van der Waals surface area contributed by atoms with Gasteiger partial charge in [0.25, 0.3) is 0 Å². The van der Waals surface area contributed by atoms with Crippen molar-refractivity contribution in [1.82, 2.24) is 14.5 Å². The third kappa shape index (κ3) is 3.48. The molecular weight excluding hydrogens is 392 g/mol. The van der Waals surface area contributed by atoms with E-state index in [0.717, 1.165) is 48.5 Å². The first-order chi connectivity index (χ1) is 15.6. The molecule has 4 aromatic rings. The molecule has 4 nitrogen and oxygen atoms in total. The van der Waals surface area contributed by atoms with E-state index in [-0.39, 0.29) is 5.92 Å². The predicted molar refractivity (Wildman–Crippen MR) is 128 cm³/mol. The Balaban J connectivity index is 1.57. The fraction of sp³-hybridized carbons (Fsp3) is 0.321. The van der Waals surface area contributed by atoms with Gasteiger partial charge in [-0.25, -0.2) is 9.97 Å². The highest BCUT2D eigenvalue weighted by Crippen LogP contribution is 2.37. The summed E-state index contributed by atoms with van der Waals surface area (Å²) >= 11 is 0. The molecular formula is C28H28N4. The standard InChI is InChI=1S/C28H28N4/c1-4-26-31-27-18(2)15-19(3)30-28(27)32(26)17-20-9-12-24-22(16-20)11-10-21-7-5-6-8-23(21)25(24)13-14-29/h5-9,12,15-16,25H,4,10-11,13,17H2,1-3H3. The largest absolute Gasteiger partial charge is 0.308 e. The van der Waals surface area contributed by atoms with Crippen LogP contribution in [0.5, 0.6) is 0 Å². The molecule has 1 atom stereocenters. The van der Waals surface area contributed by atoms with Crippen molar-refractivity contribution in [2.75, 3.05) is 0 Å². The minimum Gasteiger partial charge on any atom is -0.308 e. The first-order valence-corrected chi connectivity index (χ1v) is 11.5. The van der Waals surface area contributed by atoms with Gasteiger partial charge in [0, 0.05) is 24.5 Å². The molecule has 32 heavy (non-hydrogen) atoms. The van der Waals surface area contributed by atoms with E-state index in [0.29, 0.717) is 6.42 Å². The van der Waals surface area contributed by atoms with Crippen LogP contribution >= 0.6 is 0 Å². The molecule has 2 heterocycles. The number of benzene rings is 2. The van der Waals surface area contributed by atoms with Crippen LogP contribution in [-0.4, -0.2) is 14.5 Å². The van der Waals surface area contributed by atoms with E-state index in [4.69, 9.17) is 9.97 Å². The van der Waals surface area contributed by atoms with E-state index >= 15 is 0 Å². The Labute approximate surface area is 189 Å². The molecule has 160 valence electrons. The van der Waals surface area contributed by atoms with E-state index in [1.165, 1.54) is 33.4 Å². The number of hydrogen-bond acceptors (Lipinski definition) is 3. The lowest BCUT2D eigenvalue weighted by molar-refractivity contribution is 0.742. The molecule has 1 aliphatic rings. The maximum Gasteiger partial charge on any atom is 0.160 e. The molecule has 2 aromatic carbocycles. The van der Waals surface area contributed by atoms with E-state index < -0.39 is 0 Å². The highest BCUT2D eigenvalue weighted by molar-refractivity contribution is 5.76. The topological polar surface area (TPSA) is 54.5 Å². The van der Waals surface area contributed by atoms with Crippen molar-refractivity contribution in [1.29, 1.82) is 5.26 Å². The zero-order chi connectivity index (χ0) is 22.2. The lowest BCUT2D eigenvalue weighted by atomic mass is 9.85. The van der Waals surface area contributed by atoms with Gasteiger partial charge in [-0.15, -0.1) is 0 Å². The summed E-state index contributed by atoms with van der Waals surface area (Å²) in [6, 6.07) is 20.0. The number of aromatic nitrogens is 3. The lowest BCUT2D eigenvalue weighted by Gasteiger charge is -2.18. The number of nitrogens with zero attached hydrogens (tertiary/aromatic N) is 4. The fourth-order valence-electron chi connectivity index (χ4n) is 5.23. The van der Waals surface area contributed by atoms with Crippen molar-refractivity contribution in [2.24, 2.45) is 0 Å². The predicted octanol–water partition coefficient (Wildman–Crippen LogP) is 5.80. The van der Waals surface area contributed by atoms with Crippen LogP contribution in [0.15, 0.2) is 48.5 Å². The van der Waals surface area contributed by atoms with Gasteiger partial charge in [-0.05, 0) is 66.1 Å². The van der Waals surface area contributed by atoms with Crippen molar-refractivity contribution in [3.8, 4) is 6.07 Å². The lowest BCUT2D eigenvalue weighted by Crippen LogP contribution is -2.08. The van der Waals surface area contributed by atoms with Gasteiger partial charge in [0.15, 0.2) is 5.65 Å². The maximum atomic E-state index is 9.52. The molecule has 0 spiro atoms. The summed E-state index contributed by atoms with van der Waals surface area (Å²) in [6.45, 7) is 7.08. The summed E-state index contributed by atoms with van der Waals surface area (Å²) in [5.41, 5.74) is 10.8. The Kier molecular flexibility index (Phi) is 5.27. The highest BCUT2D eigenvalue weighted by atomic mass is 15.1. The Bertz CT molecular complexity index is 1360. The van der Waals surface area contributed by atoms with E-state index in [1.807, 2.05) is 6.92 Å². The minimum atomic E-state index is 0.148. The van der Waals surface area contributed by atoms with Gasteiger partial charge in [-0.3, -0.25) is 0 Å². The van der Waals surface area contributed by atoms with Crippen LogP contribution in [0.25, 0.3) is 11.2 Å². The summed E-state index contributed by atoms with van der Waals surface area (Å²) in [5.74, 6) is 1.22. The monoisotopic (exact) mass is 420 g/mol.